The van der Waals surface area contributed by atoms with E-state index < -0.39 is 0 Å². The molecule has 6 heteroatoms. The van der Waals surface area contributed by atoms with E-state index in [0.29, 0.717) is 28.7 Å². The number of nitrogens with two attached hydrogens (primary N) is 1. The van der Waals surface area contributed by atoms with Crippen LogP contribution < -0.4 is 16.4 Å². The summed E-state index contributed by atoms with van der Waals surface area (Å²) in [5.41, 5.74) is 6.38. The average Bonchev–Trinajstić information content (AvgIpc) is 2.39. The van der Waals surface area contributed by atoms with Crippen LogP contribution in [0.2, 0.25) is 5.02 Å². The molecule has 2 amide bonds. The molecule has 0 spiro atoms. The normalized spacial score (nSPS) is 10.4. The third-order valence-corrected chi connectivity index (χ3v) is 2.84. The summed E-state index contributed by atoms with van der Waals surface area (Å²) in [5, 5.41) is 5.87. The molecule has 0 aliphatic carbocycles. The van der Waals surface area contributed by atoms with E-state index >= 15 is 0 Å². The van der Waals surface area contributed by atoms with E-state index in [1.165, 1.54) is 6.07 Å². The van der Waals surface area contributed by atoms with E-state index in [2.05, 4.69) is 10.6 Å². The largest absolute Gasteiger partial charge is 0.398 e. The summed E-state index contributed by atoms with van der Waals surface area (Å²) in [6, 6.07) is 4.70. The third kappa shape index (κ3) is 5.48. The van der Waals surface area contributed by atoms with Crippen LogP contribution in [-0.4, -0.2) is 24.9 Å². The first-order valence-electron chi connectivity index (χ1n) is 6.50. The predicted octanol–water partition coefficient (Wildman–Crippen LogP) is 1.81. The van der Waals surface area contributed by atoms with Crippen molar-refractivity contribution in [3.63, 3.8) is 0 Å². The lowest BCUT2D eigenvalue weighted by Gasteiger charge is -2.09. The molecule has 5 nitrogen and oxygen atoms in total. The number of anilines is 1. The quantitative estimate of drug-likeness (QED) is 0.700. The minimum atomic E-state index is -0.332. The fourth-order valence-electron chi connectivity index (χ4n) is 1.52. The molecule has 0 saturated carbocycles. The molecule has 0 unspecified atom stereocenters. The van der Waals surface area contributed by atoms with Crippen molar-refractivity contribution in [2.45, 2.75) is 20.3 Å². The van der Waals surface area contributed by atoms with Gasteiger partial charge in [0.05, 0.1) is 5.56 Å². The first-order valence-corrected chi connectivity index (χ1v) is 6.88. The minimum absolute atomic E-state index is 0.0851. The molecule has 0 bridgehead atoms. The van der Waals surface area contributed by atoms with Gasteiger partial charge in [0.25, 0.3) is 5.91 Å². The molecule has 1 aromatic carbocycles. The van der Waals surface area contributed by atoms with E-state index in [0.717, 1.165) is 0 Å². The Labute approximate surface area is 123 Å². The molecule has 0 radical (unpaired) electrons. The van der Waals surface area contributed by atoms with Gasteiger partial charge in [0, 0.05) is 30.2 Å². The second kappa shape index (κ2) is 7.75. The van der Waals surface area contributed by atoms with Crippen molar-refractivity contribution in [2.75, 3.05) is 18.8 Å². The van der Waals surface area contributed by atoms with Gasteiger partial charge in [-0.05, 0) is 24.1 Å². The van der Waals surface area contributed by atoms with Gasteiger partial charge in [-0.25, -0.2) is 0 Å². The van der Waals surface area contributed by atoms with Gasteiger partial charge in [-0.1, -0.05) is 25.4 Å². The standard InChI is InChI=1S/C14H20ClN3O2/c1-9(2)8-18-13(19)5-6-17-14(20)11-7-10(15)3-4-12(11)16/h3-4,7,9H,5-6,8,16H2,1-2H3,(H,17,20)(H,18,19). The summed E-state index contributed by atoms with van der Waals surface area (Å²) in [5.74, 6) is -0.0143. The molecule has 0 fully saturated rings. The molecule has 0 saturated heterocycles. The van der Waals surface area contributed by atoms with Crippen molar-refractivity contribution in [2.24, 2.45) is 5.92 Å². The minimum Gasteiger partial charge on any atom is -0.398 e. The Bertz CT molecular complexity index is 489. The van der Waals surface area contributed by atoms with Crippen molar-refractivity contribution in [3.05, 3.63) is 28.8 Å². The number of halogens is 1. The fourth-order valence-corrected chi connectivity index (χ4v) is 1.69. The smallest absolute Gasteiger partial charge is 0.253 e. The van der Waals surface area contributed by atoms with Crippen LogP contribution in [-0.2, 0) is 4.79 Å². The van der Waals surface area contributed by atoms with Gasteiger partial charge in [-0.3, -0.25) is 9.59 Å². The first-order chi connectivity index (χ1) is 9.40. The highest BCUT2D eigenvalue weighted by atomic mass is 35.5. The molecule has 1 rings (SSSR count). The van der Waals surface area contributed by atoms with E-state index in [9.17, 15) is 9.59 Å². The molecular formula is C14H20ClN3O2. The Balaban J connectivity index is 2.40. The summed E-state index contributed by atoms with van der Waals surface area (Å²) in [7, 11) is 0. The number of amides is 2. The van der Waals surface area contributed by atoms with Gasteiger partial charge in [0.2, 0.25) is 5.91 Å². The third-order valence-electron chi connectivity index (χ3n) is 2.61. The molecule has 1 aromatic rings. The number of carbonyl (C=O) groups excluding carboxylic acids is 2. The lowest BCUT2D eigenvalue weighted by molar-refractivity contribution is -0.121. The number of rotatable bonds is 6. The van der Waals surface area contributed by atoms with Crippen molar-refractivity contribution >= 4 is 29.1 Å². The molecule has 4 N–H and O–H groups in total. The van der Waals surface area contributed by atoms with Gasteiger partial charge in [-0.2, -0.15) is 0 Å². The summed E-state index contributed by atoms with van der Waals surface area (Å²) in [4.78, 5) is 23.4. The number of benzene rings is 1. The fraction of sp³-hybridized carbons (Fsp3) is 0.429. The van der Waals surface area contributed by atoms with Crippen LogP contribution >= 0.6 is 11.6 Å². The Kier molecular flexibility index (Phi) is 6.31. The lowest BCUT2D eigenvalue weighted by atomic mass is 10.1. The lowest BCUT2D eigenvalue weighted by Crippen LogP contribution is -2.32. The average molecular weight is 298 g/mol. The zero-order valence-electron chi connectivity index (χ0n) is 11.7. The molecule has 110 valence electrons. The predicted molar refractivity (Wildman–Crippen MR) is 80.7 cm³/mol. The van der Waals surface area contributed by atoms with Crippen LogP contribution in [0, 0.1) is 5.92 Å². The van der Waals surface area contributed by atoms with Crippen molar-refractivity contribution in [1.29, 1.82) is 0 Å². The highest BCUT2D eigenvalue weighted by molar-refractivity contribution is 6.31. The summed E-state index contributed by atoms with van der Waals surface area (Å²) in [6.07, 6.45) is 0.235. The molecule has 0 aliphatic rings. The van der Waals surface area contributed by atoms with Crippen LogP contribution in [0.4, 0.5) is 5.69 Å². The first kappa shape index (κ1) is 16.3. The second-order valence-electron chi connectivity index (χ2n) is 4.94. The maximum Gasteiger partial charge on any atom is 0.253 e. The van der Waals surface area contributed by atoms with Crippen LogP contribution in [0.1, 0.15) is 30.6 Å². The van der Waals surface area contributed by atoms with E-state index in [4.69, 9.17) is 17.3 Å². The zero-order chi connectivity index (χ0) is 15.1. The van der Waals surface area contributed by atoms with Gasteiger partial charge in [-0.15, -0.1) is 0 Å². The summed E-state index contributed by atoms with van der Waals surface area (Å²) >= 11 is 5.82. The number of hydrogen-bond donors (Lipinski definition) is 3. The van der Waals surface area contributed by atoms with E-state index in [1.54, 1.807) is 12.1 Å². The number of hydrogen-bond acceptors (Lipinski definition) is 3. The Hall–Kier alpha value is -1.75. The number of nitrogens with one attached hydrogen (secondary N) is 2. The maximum absolute atomic E-state index is 11.9. The van der Waals surface area contributed by atoms with Gasteiger partial charge >= 0.3 is 0 Å². The molecule has 0 aliphatic heterocycles. The monoisotopic (exact) mass is 297 g/mol. The van der Waals surface area contributed by atoms with Gasteiger partial charge in [0.1, 0.15) is 0 Å². The Morgan fingerprint density at radius 3 is 2.65 bits per heavy atom. The highest BCUT2D eigenvalue weighted by Gasteiger charge is 2.10. The Morgan fingerprint density at radius 1 is 1.30 bits per heavy atom. The van der Waals surface area contributed by atoms with E-state index in [-0.39, 0.29) is 24.8 Å². The maximum atomic E-state index is 11.9. The van der Waals surface area contributed by atoms with Crippen molar-refractivity contribution < 1.29 is 9.59 Å². The summed E-state index contributed by atoms with van der Waals surface area (Å²) in [6.45, 7) is 4.93. The van der Waals surface area contributed by atoms with Gasteiger partial charge < -0.3 is 16.4 Å². The van der Waals surface area contributed by atoms with Crippen molar-refractivity contribution in [3.8, 4) is 0 Å². The Morgan fingerprint density at radius 2 is 2.00 bits per heavy atom. The van der Waals surface area contributed by atoms with Gasteiger partial charge in [0.15, 0.2) is 0 Å². The SMILES string of the molecule is CC(C)CNC(=O)CCNC(=O)c1cc(Cl)ccc1N. The van der Waals surface area contributed by atoms with Crippen molar-refractivity contribution in [1.82, 2.24) is 10.6 Å². The second-order valence-corrected chi connectivity index (χ2v) is 5.37. The number of nitrogen functional groups attached to an aromatic ring is 1. The molecule has 0 aromatic heterocycles. The van der Waals surface area contributed by atoms with Crippen LogP contribution in [0.25, 0.3) is 0 Å². The molecule has 20 heavy (non-hydrogen) atoms. The van der Waals surface area contributed by atoms with Crippen LogP contribution in [0.15, 0.2) is 18.2 Å². The highest BCUT2D eigenvalue weighted by Crippen LogP contribution is 2.17. The summed E-state index contributed by atoms with van der Waals surface area (Å²) < 4.78 is 0. The molecular weight excluding hydrogens is 278 g/mol. The van der Waals surface area contributed by atoms with E-state index in [1.807, 2.05) is 13.8 Å². The topological polar surface area (TPSA) is 84.2 Å². The van der Waals surface area contributed by atoms with Crippen LogP contribution in [0.5, 0.6) is 0 Å². The van der Waals surface area contributed by atoms with Crippen LogP contribution in [0.3, 0.4) is 0 Å². The molecule has 0 atom stereocenters. The number of carbonyl (C=O) groups is 2. The zero-order valence-corrected chi connectivity index (χ0v) is 12.5. The molecule has 0 heterocycles.